The van der Waals surface area contributed by atoms with Crippen LogP contribution in [0.3, 0.4) is 0 Å². The molecule has 0 bridgehead atoms. The summed E-state index contributed by atoms with van der Waals surface area (Å²) in [5.74, 6) is 0. The van der Waals surface area contributed by atoms with Gasteiger partial charge in [-0.15, -0.1) is 0 Å². The van der Waals surface area contributed by atoms with Crippen molar-refractivity contribution in [3.8, 4) is 0 Å². The Morgan fingerprint density at radius 1 is 1.41 bits per heavy atom. The van der Waals surface area contributed by atoms with Gasteiger partial charge in [0.05, 0.1) is 13.2 Å². The molecule has 0 aliphatic heterocycles. The molecular weight excluding hydrogens is 238 g/mol. The van der Waals surface area contributed by atoms with Crippen LogP contribution >= 0.6 is 11.6 Å². The van der Waals surface area contributed by atoms with Gasteiger partial charge in [0, 0.05) is 36.0 Å². The van der Waals surface area contributed by atoms with Gasteiger partial charge in [-0.3, -0.25) is 0 Å². The molecule has 0 atom stereocenters. The second-order valence-electron chi connectivity index (χ2n) is 4.18. The van der Waals surface area contributed by atoms with E-state index in [0.29, 0.717) is 17.7 Å². The lowest BCUT2D eigenvalue weighted by molar-refractivity contribution is 0.203. The fraction of sp³-hybridized carbons (Fsp3) is 0.538. The fourth-order valence-corrected chi connectivity index (χ4v) is 2.05. The molecule has 0 aliphatic carbocycles. The van der Waals surface area contributed by atoms with Crippen molar-refractivity contribution < 1.29 is 9.84 Å². The van der Waals surface area contributed by atoms with Gasteiger partial charge in [-0.25, -0.2) is 0 Å². The lowest BCUT2D eigenvalue weighted by Gasteiger charge is -2.30. The van der Waals surface area contributed by atoms with Gasteiger partial charge in [0.2, 0.25) is 0 Å². The van der Waals surface area contributed by atoms with Crippen molar-refractivity contribution in [1.29, 1.82) is 0 Å². The number of nitrogens with zero attached hydrogens (tertiary/aromatic N) is 1. The normalized spacial score (nSPS) is 10.9. The van der Waals surface area contributed by atoms with E-state index in [2.05, 4.69) is 18.7 Å². The number of aliphatic hydroxyl groups excluding tert-OH is 1. The van der Waals surface area contributed by atoms with Crippen LogP contribution in [0.5, 0.6) is 0 Å². The van der Waals surface area contributed by atoms with Crippen LogP contribution in [0.1, 0.15) is 19.4 Å². The van der Waals surface area contributed by atoms with Gasteiger partial charge < -0.3 is 14.7 Å². The summed E-state index contributed by atoms with van der Waals surface area (Å²) < 4.78 is 5.11. The third kappa shape index (κ3) is 3.60. The van der Waals surface area contributed by atoms with E-state index in [0.717, 1.165) is 17.8 Å². The van der Waals surface area contributed by atoms with Crippen LogP contribution in [0.15, 0.2) is 18.2 Å². The molecule has 1 aromatic rings. The standard InChI is InChI=1S/C13H20ClNO2/c1-10(2)15(7-8-17-3)13-6-4-5-12(14)11(13)9-16/h4-6,10,16H,7-9H2,1-3H3. The van der Waals surface area contributed by atoms with Crippen LogP contribution in [0, 0.1) is 0 Å². The third-order valence-corrected chi connectivity index (χ3v) is 3.08. The Morgan fingerprint density at radius 3 is 2.65 bits per heavy atom. The molecule has 17 heavy (non-hydrogen) atoms. The quantitative estimate of drug-likeness (QED) is 0.851. The molecule has 0 fully saturated rings. The maximum absolute atomic E-state index is 9.41. The molecule has 1 rings (SSSR count). The topological polar surface area (TPSA) is 32.7 Å². The number of anilines is 1. The number of hydrogen-bond donors (Lipinski definition) is 1. The molecule has 0 unspecified atom stereocenters. The summed E-state index contributed by atoms with van der Waals surface area (Å²) in [5.41, 5.74) is 1.76. The Morgan fingerprint density at radius 2 is 2.12 bits per heavy atom. The molecule has 0 heterocycles. The summed E-state index contributed by atoms with van der Waals surface area (Å²) in [5, 5.41) is 10.0. The molecule has 1 N–H and O–H groups in total. The molecule has 4 heteroatoms. The molecule has 1 aromatic carbocycles. The zero-order chi connectivity index (χ0) is 12.8. The van der Waals surface area contributed by atoms with E-state index >= 15 is 0 Å². The van der Waals surface area contributed by atoms with E-state index in [9.17, 15) is 5.11 Å². The van der Waals surface area contributed by atoms with Gasteiger partial charge in [-0.05, 0) is 26.0 Å². The Bertz CT molecular complexity index is 355. The molecule has 0 saturated carbocycles. The summed E-state index contributed by atoms with van der Waals surface area (Å²) >= 11 is 6.09. The zero-order valence-electron chi connectivity index (χ0n) is 10.6. The second-order valence-corrected chi connectivity index (χ2v) is 4.58. The monoisotopic (exact) mass is 257 g/mol. The first-order valence-corrected chi connectivity index (χ1v) is 6.13. The van der Waals surface area contributed by atoms with Gasteiger partial charge in [0.25, 0.3) is 0 Å². The summed E-state index contributed by atoms with van der Waals surface area (Å²) in [6, 6.07) is 6.01. The summed E-state index contributed by atoms with van der Waals surface area (Å²) in [4.78, 5) is 2.18. The minimum absolute atomic E-state index is 0.0504. The van der Waals surface area contributed by atoms with Crippen LogP contribution in [0.2, 0.25) is 5.02 Å². The van der Waals surface area contributed by atoms with E-state index in [4.69, 9.17) is 16.3 Å². The smallest absolute Gasteiger partial charge is 0.0716 e. The lowest BCUT2D eigenvalue weighted by atomic mass is 10.1. The third-order valence-electron chi connectivity index (χ3n) is 2.72. The van der Waals surface area contributed by atoms with Crippen LogP contribution in [-0.4, -0.2) is 31.4 Å². The van der Waals surface area contributed by atoms with Crippen LogP contribution in [0.4, 0.5) is 5.69 Å². The number of rotatable bonds is 6. The Labute approximate surface area is 108 Å². The van der Waals surface area contributed by atoms with E-state index < -0.39 is 0 Å². The van der Waals surface area contributed by atoms with Crippen molar-refractivity contribution in [3.63, 3.8) is 0 Å². The lowest BCUT2D eigenvalue weighted by Crippen LogP contribution is -2.34. The van der Waals surface area contributed by atoms with Gasteiger partial charge in [0.15, 0.2) is 0 Å². The minimum atomic E-state index is -0.0504. The molecule has 0 saturated heterocycles. The number of hydrogen-bond acceptors (Lipinski definition) is 3. The first-order chi connectivity index (χ1) is 8.11. The fourth-order valence-electron chi connectivity index (χ4n) is 1.82. The van der Waals surface area contributed by atoms with Crippen molar-refractivity contribution in [3.05, 3.63) is 28.8 Å². The van der Waals surface area contributed by atoms with Crippen LogP contribution in [0.25, 0.3) is 0 Å². The van der Waals surface area contributed by atoms with Gasteiger partial charge in [-0.1, -0.05) is 17.7 Å². The summed E-state index contributed by atoms with van der Waals surface area (Å²) in [6.45, 7) is 5.59. The predicted octanol–water partition coefficient (Wildman–Crippen LogP) is 2.69. The van der Waals surface area contributed by atoms with Crippen LogP contribution < -0.4 is 4.90 Å². The molecular formula is C13H20ClNO2. The molecule has 0 amide bonds. The average molecular weight is 258 g/mol. The van der Waals surface area contributed by atoms with Crippen molar-refractivity contribution in [2.75, 3.05) is 25.2 Å². The molecule has 0 radical (unpaired) electrons. The highest BCUT2D eigenvalue weighted by Gasteiger charge is 2.15. The number of methoxy groups -OCH3 is 1. The first kappa shape index (κ1) is 14.3. The van der Waals surface area contributed by atoms with Crippen molar-refractivity contribution in [1.82, 2.24) is 0 Å². The highest BCUT2D eigenvalue weighted by Crippen LogP contribution is 2.28. The Balaban J connectivity index is 3.04. The maximum Gasteiger partial charge on any atom is 0.0716 e. The molecule has 0 aliphatic rings. The summed E-state index contributed by atoms with van der Waals surface area (Å²) in [7, 11) is 1.68. The van der Waals surface area contributed by atoms with Crippen molar-refractivity contribution in [2.45, 2.75) is 26.5 Å². The Hall–Kier alpha value is -0.770. The average Bonchev–Trinajstić information content (AvgIpc) is 2.29. The van der Waals surface area contributed by atoms with Crippen molar-refractivity contribution in [2.24, 2.45) is 0 Å². The predicted molar refractivity (Wildman–Crippen MR) is 71.7 cm³/mol. The Kier molecular flexibility index (Phi) is 5.75. The largest absolute Gasteiger partial charge is 0.392 e. The molecule has 0 spiro atoms. The number of aliphatic hydroxyl groups is 1. The SMILES string of the molecule is COCCN(c1cccc(Cl)c1CO)C(C)C. The van der Waals surface area contributed by atoms with E-state index in [1.807, 2.05) is 12.1 Å². The van der Waals surface area contributed by atoms with E-state index in [1.54, 1.807) is 13.2 Å². The highest BCUT2D eigenvalue weighted by atomic mass is 35.5. The van der Waals surface area contributed by atoms with Crippen LogP contribution in [-0.2, 0) is 11.3 Å². The van der Waals surface area contributed by atoms with Gasteiger partial charge in [0.1, 0.15) is 0 Å². The minimum Gasteiger partial charge on any atom is -0.392 e. The number of benzene rings is 1. The molecule has 96 valence electrons. The first-order valence-electron chi connectivity index (χ1n) is 5.75. The second kappa shape index (κ2) is 6.84. The van der Waals surface area contributed by atoms with Gasteiger partial charge in [-0.2, -0.15) is 0 Å². The number of ether oxygens (including phenoxy) is 1. The van der Waals surface area contributed by atoms with E-state index in [1.165, 1.54) is 0 Å². The number of halogens is 1. The molecule has 3 nitrogen and oxygen atoms in total. The van der Waals surface area contributed by atoms with Crippen molar-refractivity contribution >= 4 is 17.3 Å². The maximum atomic E-state index is 9.41. The summed E-state index contributed by atoms with van der Waals surface area (Å²) in [6.07, 6.45) is 0. The molecule has 0 aromatic heterocycles. The van der Waals surface area contributed by atoms with E-state index in [-0.39, 0.29) is 6.61 Å². The highest BCUT2D eigenvalue weighted by molar-refractivity contribution is 6.31. The van der Waals surface area contributed by atoms with Gasteiger partial charge >= 0.3 is 0 Å². The zero-order valence-corrected chi connectivity index (χ0v) is 11.4.